The van der Waals surface area contributed by atoms with E-state index in [-0.39, 0.29) is 24.8 Å². The van der Waals surface area contributed by atoms with Gasteiger partial charge in [0.2, 0.25) is 0 Å². The molecule has 0 aliphatic carbocycles. The number of hydrogen-bond donors (Lipinski definition) is 1. The van der Waals surface area contributed by atoms with Crippen molar-refractivity contribution >= 4 is 46.5 Å². The number of halogens is 1. The first-order valence-electron chi connectivity index (χ1n) is 10.0. The molecule has 2 aliphatic heterocycles. The van der Waals surface area contributed by atoms with Crippen LogP contribution in [0.4, 0.5) is 20.6 Å². The van der Waals surface area contributed by atoms with Crippen molar-refractivity contribution in [2.45, 2.75) is 18.9 Å². The molecule has 2 aromatic rings. The molecule has 0 bridgehead atoms. The van der Waals surface area contributed by atoms with Crippen LogP contribution < -0.4 is 15.1 Å². The summed E-state index contributed by atoms with van der Waals surface area (Å²) in [6.45, 7) is 2.15. The van der Waals surface area contributed by atoms with Gasteiger partial charge in [-0.25, -0.2) is 9.18 Å². The number of carbonyl (C=O) groups is 2. The largest absolute Gasteiger partial charge is 0.442 e. The van der Waals surface area contributed by atoms with Crippen molar-refractivity contribution in [1.29, 1.82) is 0 Å². The molecule has 2 amide bonds. The van der Waals surface area contributed by atoms with Crippen LogP contribution in [-0.2, 0) is 4.74 Å². The van der Waals surface area contributed by atoms with Crippen molar-refractivity contribution < 1.29 is 18.7 Å². The number of cyclic esters (lactones) is 1. The van der Waals surface area contributed by atoms with E-state index in [1.165, 1.54) is 22.3 Å². The van der Waals surface area contributed by atoms with Gasteiger partial charge in [0.1, 0.15) is 11.9 Å². The van der Waals surface area contributed by atoms with Gasteiger partial charge < -0.3 is 15.0 Å². The molecule has 1 aromatic heterocycles. The Morgan fingerprint density at radius 3 is 2.73 bits per heavy atom. The summed E-state index contributed by atoms with van der Waals surface area (Å²) in [4.78, 5) is 28.5. The van der Waals surface area contributed by atoms with Crippen LogP contribution in [0.2, 0.25) is 0 Å². The topological polar surface area (TPSA) is 61.9 Å². The molecule has 1 atom stereocenters. The van der Waals surface area contributed by atoms with Crippen LogP contribution in [0.1, 0.15) is 22.5 Å². The molecule has 6 nitrogen and oxygen atoms in total. The highest BCUT2D eigenvalue weighted by Crippen LogP contribution is 2.29. The number of nitrogens with one attached hydrogen (secondary N) is 1. The summed E-state index contributed by atoms with van der Waals surface area (Å²) < 4.78 is 20.2. The fourth-order valence-electron chi connectivity index (χ4n) is 3.63. The van der Waals surface area contributed by atoms with Gasteiger partial charge >= 0.3 is 6.09 Å². The number of thioether (sulfide) groups is 1. The van der Waals surface area contributed by atoms with Crippen molar-refractivity contribution in [3.8, 4) is 0 Å². The van der Waals surface area contributed by atoms with Gasteiger partial charge in [0, 0.05) is 13.1 Å². The van der Waals surface area contributed by atoms with E-state index in [0.29, 0.717) is 16.3 Å². The van der Waals surface area contributed by atoms with Crippen LogP contribution in [0, 0.1) is 5.82 Å². The molecule has 0 radical (unpaired) electrons. The Bertz CT molecular complexity index is 886. The number of benzene rings is 1. The number of thiophene rings is 1. The summed E-state index contributed by atoms with van der Waals surface area (Å²) in [6.07, 6.45) is 1.06. The third-order valence-corrected chi connectivity index (χ3v) is 7.15. The van der Waals surface area contributed by atoms with Crippen LogP contribution in [0.15, 0.2) is 35.7 Å². The monoisotopic (exact) mass is 449 g/mol. The lowest BCUT2D eigenvalue weighted by Gasteiger charge is -2.27. The maximum Gasteiger partial charge on any atom is 0.414 e. The maximum absolute atomic E-state index is 14.9. The third kappa shape index (κ3) is 4.89. The zero-order valence-electron chi connectivity index (χ0n) is 16.5. The van der Waals surface area contributed by atoms with Gasteiger partial charge in [-0.1, -0.05) is 6.07 Å². The van der Waals surface area contributed by atoms with E-state index in [4.69, 9.17) is 4.74 Å². The van der Waals surface area contributed by atoms with Crippen molar-refractivity contribution in [3.63, 3.8) is 0 Å². The van der Waals surface area contributed by atoms with Crippen molar-refractivity contribution in [3.05, 3.63) is 46.4 Å². The highest BCUT2D eigenvalue weighted by Gasteiger charge is 2.33. The Labute approximate surface area is 183 Å². The van der Waals surface area contributed by atoms with Gasteiger partial charge in [0.05, 0.1) is 29.3 Å². The van der Waals surface area contributed by atoms with Gasteiger partial charge in [-0.2, -0.15) is 11.8 Å². The molecule has 0 spiro atoms. The lowest BCUT2D eigenvalue weighted by atomic mass is 10.2. The zero-order valence-corrected chi connectivity index (χ0v) is 18.1. The molecule has 2 aliphatic rings. The SMILES string of the molecule is O=C(NC[C@H]1CN(c2ccc(N3CCCSCCC3)c(F)c2)C(=O)O1)c1cccs1. The maximum atomic E-state index is 14.9. The highest BCUT2D eigenvalue weighted by molar-refractivity contribution is 7.99. The fourth-order valence-corrected chi connectivity index (χ4v) is 5.14. The number of hydrogen-bond acceptors (Lipinski definition) is 6. The minimum Gasteiger partial charge on any atom is -0.442 e. The second-order valence-electron chi connectivity index (χ2n) is 7.25. The second kappa shape index (κ2) is 9.70. The Kier molecular flexibility index (Phi) is 6.79. The van der Waals surface area contributed by atoms with Gasteiger partial charge in [-0.3, -0.25) is 9.69 Å². The number of amides is 2. The van der Waals surface area contributed by atoms with E-state index in [1.54, 1.807) is 24.3 Å². The molecule has 9 heteroatoms. The van der Waals surface area contributed by atoms with Crippen molar-refractivity contribution in [1.82, 2.24) is 5.32 Å². The number of rotatable bonds is 5. The predicted octanol–water partition coefficient (Wildman–Crippen LogP) is 3.98. The fraction of sp³-hybridized carbons (Fsp3) is 0.429. The van der Waals surface area contributed by atoms with Crippen LogP contribution >= 0.6 is 23.1 Å². The summed E-state index contributed by atoms with van der Waals surface area (Å²) in [5.74, 6) is 1.67. The molecular weight excluding hydrogens is 425 g/mol. The summed E-state index contributed by atoms with van der Waals surface area (Å²) in [5, 5.41) is 4.61. The quantitative estimate of drug-likeness (QED) is 0.748. The number of carbonyl (C=O) groups excluding carboxylic acids is 2. The first-order valence-corrected chi connectivity index (χ1v) is 12.1. The summed E-state index contributed by atoms with van der Waals surface area (Å²) >= 11 is 3.30. The Hall–Kier alpha value is -2.26. The minimum atomic E-state index is -0.527. The molecule has 2 fully saturated rings. The smallest absolute Gasteiger partial charge is 0.414 e. The molecule has 30 heavy (non-hydrogen) atoms. The molecule has 1 aromatic carbocycles. The van der Waals surface area contributed by atoms with Crippen LogP contribution in [0.3, 0.4) is 0 Å². The molecule has 160 valence electrons. The minimum absolute atomic E-state index is 0.193. The van der Waals surface area contributed by atoms with Crippen LogP contribution in [0.5, 0.6) is 0 Å². The Balaban J connectivity index is 1.38. The van der Waals surface area contributed by atoms with E-state index in [0.717, 1.165) is 37.4 Å². The Morgan fingerprint density at radius 2 is 2.03 bits per heavy atom. The highest BCUT2D eigenvalue weighted by atomic mass is 32.2. The first-order chi connectivity index (χ1) is 14.6. The van der Waals surface area contributed by atoms with E-state index in [1.807, 2.05) is 17.1 Å². The number of nitrogens with zero attached hydrogens (tertiary/aromatic N) is 2. The first kappa shape index (κ1) is 21.0. The standard InChI is InChI=1S/C21H24FN3O3S2/c22-17-12-15(5-6-18(17)24-7-2-9-29-10-3-8-24)25-14-16(28-21(25)27)13-23-20(26)19-4-1-11-30-19/h1,4-6,11-12,16H,2-3,7-10,13-14H2,(H,23,26)/t16-/m0/s1. The van der Waals surface area contributed by atoms with Gasteiger partial charge in [-0.15, -0.1) is 11.3 Å². The number of ether oxygens (including phenoxy) is 1. The normalized spacial score (nSPS) is 19.9. The van der Waals surface area contributed by atoms with Gasteiger partial charge in [0.15, 0.2) is 0 Å². The van der Waals surface area contributed by atoms with E-state index in [2.05, 4.69) is 10.2 Å². The summed E-state index contributed by atoms with van der Waals surface area (Å²) in [6, 6.07) is 8.46. The van der Waals surface area contributed by atoms with Gasteiger partial charge in [0.25, 0.3) is 5.91 Å². The molecule has 0 saturated carbocycles. The molecule has 4 rings (SSSR count). The van der Waals surface area contributed by atoms with Crippen molar-refractivity contribution in [2.24, 2.45) is 0 Å². The van der Waals surface area contributed by atoms with Gasteiger partial charge in [-0.05, 0) is 54.0 Å². The predicted molar refractivity (Wildman–Crippen MR) is 119 cm³/mol. The van der Waals surface area contributed by atoms with Crippen molar-refractivity contribution in [2.75, 3.05) is 47.5 Å². The summed E-state index contributed by atoms with van der Waals surface area (Å²) in [5.41, 5.74) is 1.05. The summed E-state index contributed by atoms with van der Waals surface area (Å²) in [7, 11) is 0. The molecule has 3 heterocycles. The molecule has 2 saturated heterocycles. The Morgan fingerprint density at radius 1 is 1.23 bits per heavy atom. The molecule has 1 N–H and O–H groups in total. The third-order valence-electron chi connectivity index (χ3n) is 5.13. The average molecular weight is 450 g/mol. The average Bonchev–Trinajstić information content (AvgIpc) is 3.36. The van der Waals surface area contributed by atoms with E-state index in [9.17, 15) is 14.0 Å². The molecular formula is C21H24FN3O3S2. The zero-order chi connectivity index (χ0) is 20.9. The second-order valence-corrected chi connectivity index (χ2v) is 9.42. The lowest BCUT2D eigenvalue weighted by Crippen LogP contribution is -2.34. The van der Waals surface area contributed by atoms with Crippen LogP contribution in [-0.4, -0.2) is 55.8 Å². The van der Waals surface area contributed by atoms with E-state index >= 15 is 0 Å². The van der Waals surface area contributed by atoms with E-state index < -0.39 is 12.2 Å². The number of anilines is 2. The lowest BCUT2D eigenvalue weighted by molar-refractivity contribution is 0.0920. The van der Waals surface area contributed by atoms with Crippen LogP contribution in [0.25, 0.3) is 0 Å². The molecule has 0 unspecified atom stereocenters.